The largest absolute Gasteiger partial charge is 0.467 e. The van der Waals surface area contributed by atoms with Crippen LogP contribution in [0.2, 0.25) is 0 Å². The summed E-state index contributed by atoms with van der Waals surface area (Å²) < 4.78 is 45.2. The van der Waals surface area contributed by atoms with E-state index in [0.717, 1.165) is 25.6 Å². The number of rotatable bonds is 8. The van der Waals surface area contributed by atoms with Crippen LogP contribution in [0, 0.1) is 5.82 Å². The topological polar surface area (TPSA) is 73.2 Å². The average molecular weight is 483 g/mol. The smallest absolute Gasteiger partial charge is 0.333 e. The van der Waals surface area contributed by atoms with Crippen molar-refractivity contribution >= 4 is 39.4 Å². The van der Waals surface area contributed by atoms with E-state index in [2.05, 4.69) is 31.1 Å². The lowest BCUT2D eigenvalue weighted by Crippen LogP contribution is -2.43. The molecule has 0 fully saturated rings. The predicted molar refractivity (Wildman–Crippen MR) is 99.0 cm³/mol. The molecular formula is C17H16BrClF3N3O3. The quantitative estimate of drug-likeness (QED) is 0.462. The Morgan fingerprint density at radius 1 is 1.39 bits per heavy atom. The van der Waals surface area contributed by atoms with Crippen molar-refractivity contribution in [3.8, 4) is 0 Å². The van der Waals surface area contributed by atoms with E-state index in [9.17, 15) is 22.8 Å². The third-order valence-electron chi connectivity index (χ3n) is 3.86. The van der Waals surface area contributed by atoms with Gasteiger partial charge in [0.1, 0.15) is 11.9 Å². The molecule has 0 spiro atoms. The fourth-order valence-corrected chi connectivity index (χ4v) is 3.29. The molecule has 1 N–H and O–H groups in total. The highest BCUT2D eigenvalue weighted by Crippen LogP contribution is 2.25. The van der Waals surface area contributed by atoms with Crippen LogP contribution >= 0.6 is 27.5 Å². The number of benzene rings is 1. The molecule has 1 aromatic carbocycles. The Hall–Kier alpha value is -2.07. The first kappa shape index (κ1) is 22.2. The van der Waals surface area contributed by atoms with Crippen molar-refractivity contribution in [2.75, 3.05) is 13.0 Å². The highest BCUT2D eigenvalue weighted by molar-refractivity contribution is 9.10. The van der Waals surface area contributed by atoms with Gasteiger partial charge in [0.25, 0.3) is 5.91 Å². The molecule has 1 amide bonds. The Bertz CT molecular complexity index is 863. The summed E-state index contributed by atoms with van der Waals surface area (Å²) in [6.07, 6.45) is 2.25. The van der Waals surface area contributed by atoms with E-state index in [0.29, 0.717) is 14.7 Å². The van der Waals surface area contributed by atoms with Crippen LogP contribution in [0.5, 0.6) is 0 Å². The molecule has 11 heteroatoms. The molecule has 28 heavy (non-hydrogen) atoms. The van der Waals surface area contributed by atoms with Crippen LogP contribution in [-0.2, 0) is 22.4 Å². The van der Waals surface area contributed by atoms with E-state index >= 15 is 0 Å². The van der Waals surface area contributed by atoms with Gasteiger partial charge >= 0.3 is 12.5 Å². The molecule has 2 aromatic rings. The van der Waals surface area contributed by atoms with Gasteiger partial charge in [0.2, 0.25) is 0 Å². The number of aromatic nitrogens is 2. The molecule has 1 atom stereocenters. The fourth-order valence-electron chi connectivity index (χ4n) is 2.57. The summed E-state index contributed by atoms with van der Waals surface area (Å²) in [7, 11) is 1.11. The molecule has 0 aliphatic heterocycles. The molecule has 0 bridgehead atoms. The van der Waals surface area contributed by atoms with Crippen LogP contribution in [0.3, 0.4) is 0 Å². The molecule has 0 aliphatic rings. The molecule has 0 saturated carbocycles. The van der Waals surface area contributed by atoms with Crippen LogP contribution in [0.4, 0.5) is 13.2 Å². The molecule has 2 rings (SSSR count). The van der Waals surface area contributed by atoms with Crippen molar-refractivity contribution in [3.05, 3.63) is 51.5 Å². The lowest BCUT2D eigenvalue weighted by atomic mass is 10.0. The maximum Gasteiger partial charge on any atom is 0.333 e. The summed E-state index contributed by atoms with van der Waals surface area (Å²) in [6, 6.07) is 1.33. The number of esters is 1. The Morgan fingerprint density at radius 3 is 2.68 bits per heavy atom. The molecule has 0 aliphatic carbocycles. The van der Waals surface area contributed by atoms with Crippen LogP contribution in [0.15, 0.2) is 29.0 Å². The first-order valence-corrected chi connectivity index (χ1v) is 9.34. The van der Waals surface area contributed by atoms with Crippen LogP contribution in [0.25, 0.3) is 0 Å². The van der Waals surface area contributed by atoms with Gasteiger partial charge in [-0.3, -0.25) is 4.79 Å². The Kier molecular flexibility index (Phi) is 7.88. The second kappa shape index (κ2) is 9.92. The number of alkyl halides is 3. The first-order valence-electron chi connectivity index (χ1n) is 8.01. The number of nitrogens with one attached hydrogen (secondary N) is 1. The van der Waals surface area contributed by atoms with Crippen molar-refractivity contribution in [1.82, 2.24) is 15.1 Å². The van der Waals surface area contributed by atoms with Gasteiger partial charge in [-0.15, -0.1) is 11.6 Å². The van der Waals surface area contributed by atoms with E-state index in [1.165, 1.54) is 6.07 Å². The second-order valence-electron chi connectivity index (χ2n) is 5.68. The molecule has 1 aromatic heterocycles. The van der Waals surface area contributed by atoms with E-state index in [-0.39, 0.29) is 29.8 Å². The lowest BCUT2D eigenvalue weighted by molar-refractivity contribution is -0.142. The van der Waals surface area contributed by atoms with Gasteiger partial charge in [-0.1, -0.05) is 15.9 Å². The first-order chi connectivity index (χ1) is 13.3. The van der Waals surface area contributed by atoms with Gasteiger partial charge < -0.3 is 10.1 Å². The number of amides is 1. The number of hydrogen-bond donors (Lipinski definition) is 1. The Balaban J connectivity index is 2.28. The number of ether oxygens (including phenoxy) is 1. The third-order valence-corrected chi connectivity index (χ3v) is 4.79. The van der Waals surface area contributed by atoms with Gasteiger partial charge in [-0.2, -0.15) is 13.9 Å². The number of halogens is 5. The highest BCUT2D eigenvalue weighted by atomic mass is 79.9. The number of carbonyl (C=O) groups excluding carboxylic acids is 2. The highest BCUT2D eigenvalue weighted by Gasteiger charge is 2.27. The number of methoxy groups -OCH3 is 1. The average Bonchev–Trinajstić information content (AvgIpc) is 3.12. The zero-order valence-corrected chi connectivity index (χ0v) is 16.9. The standard InChI is InChI=1S/C17H16BrClF3N3O3/c1-28-16(27)13(6-9-7-23-25(8-9)17(21)22)24-15(26)14-10(4-5-19)11(18)2-3-12(14)20/h2-3,7-8,13,17H,4-6H2,1H3,(H,24,26)/t13-/m1/s1. The fraction of sp³-hybridized carbons (Fsp3) is 0.353. The van der Waals surface area contributed by atoms with Crippen molar-refractivity contribution in [2.45, 2.75) is 25.4 Å². The van der Waals surface area contributed by atoms with Crippen LogP contribution in [-0.4, -0.2) is 40.7 Å². The van der Waals surface area contributed by atoms with Gasteiger partial charge in [-0.05, 0) is 29.7 Å². The molecule has 0 unspecified atom stereocenters. The van der Waals surface area contributed by atoms with Crippen molar-refractivity contribution in [1.29, 1.82) is 0 Å². The van der Waals surface area contributed by atoms with Gasteiger partial charge in [-0.25, -0.2) is 13.9 Å². The number of nitrogens with zero attached hydrogens (tertiary/aromatic N) is 2. The monoisotopic (exact) mass is 481 g/mol. The molecular weight excluding hydrogens is 467 g/mol. The van der Waals surface area contributed by atoms with Crippen LogP contribution < -0.4 is 5.32 Å². The van der Waals surface area contributed by atoms with Crippen molar-refractivity contribution < 1.29 is 27.5 Å². The summed E-state index contributed by atoms with van der Waals surface area (Å²) >= 11 is 8.98. The summed E-state index contributed by atoms with van der Waals surface area (Å²) in [4.78, 5) is 24.7. The van der Waals surface area contributed by atoms with E-state index in [1.54, 1.807) is 0 Å². The molecule has 6 nitrogen and oxygen atoms in total. The number of carbonyl (C=O) groups is 2. The summed E-state index contributed by atoms with van der Waals surface area (Å²) in [6.45, 7) is -2.84. The maximum atomic E-state index is 14.3. The summed E-state index contributed by atoms with van der Waals surface area (Å²) in [5, 5.41) is 5.87. The summed E-state index contributed by atoms with van der Waals surface area (Å²) in [5.74, 6) is -2.30. The minimum absolute atomic E-state index is 0.148. The van der Waals surface area contributed by atoms with Gasteiger partial charge in [0, 0.05) is 23.0 Å². The predicted octanol–water partition coefficient (Wildman–Crippen LogP) is 3.48. The van der Waals surface area contributed by atoms with E-state index < -0.39 is 30.3 Å². The van der Waals surface area contributed by atoms with Gasteiger partial charge in [0.05, 0.1) is 18.9 Å². The molecule has 152 valence electrons. The molecule has 0 radical (unpaired) electrons. The minimum Gasteiger partial charge on any atom is -0.467 e. The zero-order chi connectivity index (χ0) is 20.8. The normalized spacial score (nSPS) is 12.1. The second-order valence-corrected chi connectivity index (χ2v) is 6.91. The zero-order valence-electron chi connectivity index (χ0n) is 14.6. The maximum absolute atomic E-state index is 14.3. The van der Waals surface area contributed by atoms with Crippen molar-refractivity contribution in [2.24, 2.45) is 0 Å². The van der Waals surface area contributed by atoms with Crippen LogP contribution in [0.1, 0.15) is 28.0 Å². The molecule has 1 heterocycles. The van der Waals surface area contributed by atoms with Gasteiger partial charge in [0.15, 0.2) is 0 Å². The Morgan fingerprint density at radius 2 is 2.11 bits per heavy atom. The van der Waals surface area contributed by atoms with E-state index in [1.807, 2.05) is 0 Å². The van der Waals surface area contributed by atoms with Crippen molar-refractivity contribution in [3.63, 3.8) is 0 Å². The summed E-state index contributed by atoms with van der Waals surface area (Å²) in [5.41, 5.74) is 0.362. The van der Waals surface area contributed by atoms with E-state index in [4.69, 9.17) is 11.6 Å². The number of hydrogen-bond acceptors (Lipinski definition) is 4. The lowest BCUT2D eigenvalue weighted by Gasteiger charge is -2.18. The Labute approximate surface area is 172 Å². The minimum atomic E-state index is -2.84. The molecule has 0 saturated heterocycles. The third kappa shape index (κ3) is 5.26. The SMILES string of the molecule is COC(=O)[C@@H](Cc1cnn(C(F)F)c1)NC(=O)c1c(F)ccc(Br)c1CCCl.